The molecule has 5 heteroatoms. The van der Waals surface area contributed by atoms with Gasteiger partial charge in [0.15, 0.2) is 5.13 Å². The van der Waals surface area contributed by atoms with E-state index in [9.17, 15) is 0 Å². The Hall–Kier alpha value is -1.85. The van der Waals surface area contributed by atoms with Crippen LogP contribution in [0, 0.1) is 0 Å². The van der Waals surface area contributed by atoms with Gasteiger partial charge in [0, 0.05) is 28.5 Å². The Kier molecular flexibility index (Phi) is 4.68. The number of anilines is 3. The molecule has 0 fully saturated rings. The summed E-state index contributed by atoms with van der Waals surface area (Å²) in [6.45, 7) is 3.74. The van der Waals surface area contributed by atoms with E-state index < -0.39 is 0 Å². The number of nitrogens with one attached hydrogen (secondary N) is 1. The third-order valence-electron chi connectivity index (χ3n) is 2.23. The molecule has 4 nitrogen and oxygen atoms in total. The van der Waals surface area contributed by atoms with E-state index in [4.69, 9.17) is 5.73 Å². The Labute approximate surface area is 105 Å². The molecule has 2 aromatic rings. The van der Waals surface area contributed by atoms with E-state index in [1.807, 2.05) is 29.7 Å². The minimum atomic E-state index is 0. The van der Waals surface area contributed by atoms with Crippen molar-refractivity contribution >= 4 is 27.8 Å². The lowest BCUT2D eigenvalue weighted by Crippen LogP contribution is -1.99. The second-order valence-corrected chi connectivity index (χ2v) is 4.22. The maximum Gasteiger partial charge on any atom is 0.187 e. The molecule has 0 saturated carbocycles. The van der Waals surface area contributed by atoms with Crippen LogP contribution in [-0.2, 0) is 6.42 Å². The van der Waals surface area contributed by atoms with Gasteiger partial charge in [-0.05, 0) is 18.6 Å². The average Bonchev–Trinajstić information content (AvgIpc) is 2.76. The first-order valence-electron chi connectivity index (χ1n) is 4.96. The van der Waals surface area contributed by atoms with Crippen LogP contribution in [0.1, 0.15) is 5.56 Å². The molecule has 0 unspecified atom stereocenters. The monoisotopic (exact) mass is 248 g/mol. The Morgan fingerprint density at radius 2 is 2.29 bits per heavy atom. The zero-order valence-electron chi connectivity index (χ0n) is 9.52. The third kappa shape index (κ3) is 3.05. The molecule has 0 amide bonds. The van der Waals surface area contributed by atoms with E-state index in [1.54, 1.807) is 17.5 Å². The van der Waals surface area contributed by atoms with Crippen LogP contribution in [0.4, 0.5) is 16.5 Å². The first-order valence-corrected chi connectivity index (χ1v) is 5.84. The van der Waals surface area contributed by atoms with Crippen molar-refractivity contribution in [2.24, 2.45) is 0 Å². The molecule has 0 atom stereocenters. The molecular weight excluding hydrogens is 232 g/mol. The van der Waals surface area contributed by atoms with E-state index in [-0.39, 0.29) is 6.15 Å². The minimum Gasteiger partial charge on any atom is -0.398 e. The average molecular weight is 248 g/mol. The van der Waals surface area contributed by atoms with Crippen LogP contribution < -0.4 is 17.2 Å². The molecule has 2 rings (SSSR count). The summed E-state index contributed by atoms with van der Waals surface area (Å²) in [5.41, 5.74) is 8.77. The van der Waals surface area contributed by atoms with E-state index in [0.717, 1.165) is 28.5 Å². The molecule has 0 bridgehead atoms. The molecule has 17 heavy (non-hydrogen) atoms. The van der Waals surface area contributed by atoms with Crippen LogP contribution in [0.15, 0.2) is 42.4 Å². The normalized spacial score (nSPS) is 9.41. The lowest BCUT2D eigenvalue weighted by Gasteiger charge is -2.11. The minimum absolute atomic E-state index is 0. The topological polar surface area (TPSA) is 85.9 Å². The molecule has 0 aliphatic heterocycles. The summed E-state index contributed by atoms with van der Waals surface area (Å²) in [6, 6.07) is 5.82. The highest BCUT2D eigenvalue weighted by Crippen LogP contribution is 2.26. The zero-order chi connectivity index (χ0) is 11.4. The molecule has 0 spiro atoms. The van der Waals surface area contributed by atoms with Gasteiger partial charge in [-0.1, -0.05) is 12.1 Å². The van der Waals surface area contributed by atoms with Gasteiger partial charge in [0.25, 0.3) is 0 Å². The van der Waals surface area contributed by atoms with Crippen molar-refractivity contribution < 1.29 is 0 Å². The summed E-state index contributed by atoms with van der Waals surface area (Å²) in [5, 5.41) is 6.06. The predicted octanol–water partition coefficient (Wildman–Crippen LogP) is 3.36. The lowest BCUT2D eigenvalue weighted by molar-refractivity contribution is 1.27. The summed E-state index contributed by atoms with van der Waals surface area (Å²) in [4.78, 5) is 4.18. The molecule has 0 aliphatic carbocycles. The number of nitrogens with two attached hydrogens (primary N) is 1. The number of rotatable bonds is 4. The summed E-state index contributed by atoms with van der Waals surface area (Å²) in [6.07, 6.45) is 4.37. The van der Waals surface area contributed by atoms with Gasteiger partial charge in [-0.2, -0.15) is 0 Å². The van der Waals surface area contributed by atoms with Crippen LogP contribution in [0.25, 0.3) is 0 Å². The van der Waals surface area contributed by atoms with Gasteiger partial charge in [-0.15, -0.1) is 17.9 Å². The molecule has 6 N–H and O–H groups in total. The highest BCUT2D eigenvalue weighted by atomic mass is 32.1. The third-order valence-corrected chi connectivity index (χ3v) is 2.92. The highest BCUT2D eigenvalue weighted by molar-refractivity contribution is 7.13. The molecular formula is C12H16N4S. The fourth-order valence-electron chi connectivity index (χ4n) is 1.49. The second-order valence-electron chi connectivity index (χ2n) is 3.33. The van der Waals surface area contributed by atoms with Crippen LogP contribution in [0.3, 0.4) is 0 Å². The number of aromatic nitrogens is 1. The Morgan fingerprint density at radius 1 is 1.47 bits per heavy atom. The first-order chi connectivity index (χ1) is 7.81. The van der Waals surface area contributed by atoms with Crippen LogP contribution in [0.5, 0.6) is 0 Å². The van der Waals surface area contributed by atoms with E-state index in [0.29, 0.717) is 0 Å². The van der Waals surface area contributed by atoms with Gasteiger partial charge in [0.2, 0.25) is 0 Å². The summed E-state index contributed by atoms with van der Waals surface area (Å²) < 4.78 is 0. The van der Waals surface area contributed by atoms with Crippen molar-refractivity contribution in [3.05, 3.63) is 48.0 Å². The van der Waals surface area contributed by atoms with Gasteiger partial charge in [-0.3, -0.25) is 0 Å². The molecule has 0 aliphatic rings. The molecule has 1 heterocycles. The van der Waals surface area contributed by atoms with E-state index in [1.165, 1.54) is 0 Å². The van der Waals surface area contributed by atoms with Crippen molar-refractivity contribution in [2.75, 3.05) is 11.1 Å². The van der Waals surface area contributed by atoms with Crippen LogP contribution in [-0.4, -0.2) is 4.98 Å². The second kappa shape index (κ2) is 6.03. The number of nitrogen functional groups attached to an aromatic ring is 1. The Balaban J connectivity index is 0.00000144. The molecule has 1 aromatic heterocycles. The molecule has 1 aromatic carbocycles. The van der Waals surface area contributed by atoms with Gasteiger partial charge < -0.3 is 17.2 Å². The molecule has 0 radical (unpaired) electrons. The quantitative estimate of drug-likeness (QED) is 0.572. The van der Waals surface area contributed by atoms with Crippen LogP contribution >= 0.6 is 11.3 Å². The largest absolute Gasteiger partial charge is 0.398 e. The van der Waals surface area contributed by atoms with E-state index in [2.05, 4.69) is 16.9 Å². The van der Waals surface area contributed by atoms with Crippen molar-refractivity contribution in [1.29, 1.82) is 0 Å². The SMILES string of the molecule is C=CCc1c(N)cccc1Nc1nccs1.N. The molecule has 0 saturated heterocycles. The van der Waals surface area contributed by atoms with Gasteiger partial charge in [0.05, 0.1) is 0 Å². The maximum absolute atomic E-state index is 5.93. The summed E-state index contributed by atoms with van der Waals surface area (Å²) >= 11 is 1.56. The Bertz CT molecular complexity index is 479. The van der Waals surface area contributed by atoms with Crippen molar-refractivity contribution in [3.63, 3.8) is 0 Å². The highest BCUT2D eigenvalue weighted by Gasteiger charge is 2.05. The fraction of sp³-hybridized carbons (Fsp3) is 0.0833. The predicted molar refractivity (Wildman–Crippen MR) is 75.2 cm³/mol. The number of nitrogens with zero attached hydrogens (tertiary/aromatic N) is 1. The standard InChI is InChI=1S/C12H13N3S.H3N/c1-2-4-9-10(13)5-3-6-11(9)15-12-14-7-8-16-12;/h2-3,5-8H,1,4,13H2,(H,14,15);1H3. The number of hydrogen-bond donors (Lipinski definition) is 3. The lowest BCUT2D eigenvalue weighted by atomic mass is 10.1. The summed E-state index contributed by atoms with van der Waals surface area (Å²) in [5.74, 6) is 0. The number of allylic oxidation sites excluding steroid dienone is 1. The van der Waals surface area contributed by atoms with Crippen molar-refractivity contribution in [1.82, 2.24) is 11.1 Å². The van der Waals surface area contributed by atoms with Gasteiger partial charge >= 0.3 is 0 Å². The first kappa shape index (κ1) is 13.2. The number of hydrogen-bond acceptors (Lipinski definition) is 5. The van der Waals surface area contributed by atoms with E-state index >= 15 is 0 Å². The molecule has 90 valence electrons. The zero-order valence-corrected chi connectivity index (χ0v) is 10.3. The number of benzene rings is 1. The number of thiazole rings is 1. The Morgan fingerprint density at radius 3 is 2.94 bits per heavy atom. The van der Waals surface area contributed by atoms with Gasteiger partial charge in [0.1, 0.15) is 0 Å². The maximum atomic E-state index is 5.93. The van der Waals surface area contributed by atoms with Crippen molar-refractivity contribution in [2.45, 2.75) is 6.42 Å². The summed E-state index contributed by atoms with van der Waals surface area (Å²) in [7, 11) is 0. The van der Waals surface area contributed by atoms with Gasteiger partial charge in [-0.25, -0.2) is 4.98 Å². The fourth-order valence-corrected chi connectivity index (χ4v) is 2.04. The van der Waals surface area contributed by atoms with Crippen molar-refractivity contribution in [3.8, 4) is 0 Å². The van der Waals surface area contributed by atoms with Crippen LogP contribution in [0.2, 0.25) is 0 Å². The smallest absolute Gasteiger partial charge is 0.187 e.